The molecule has 0 unspecified atom stereocenters. The first-order valence-electron chi connectivity index (χ1n) is 12.7. The van der Waals surface area contributed by atoms with Crippen LogP contribution in [0.1, 0.15) is 50.1 Å². The molecule has 2 saturated heterocycles. The van der Waals surface area contributed by atoms with Crippen molar-refractivity contribution in [3.05, 3.63) is 77.3 Å². The average Bonchev–Trinajstić information content (AvgIpc) is 3.15. The molecule has 1 saturated carbocycles. The summed E-state index contributed by atoms with van der Waals surface area (Å²) in [4.78, 5) is 44.3. The molecule has 0 spiro atoms. The maximum Gasteiger partial charge on any atom is 0.238 e. The second-order valence-corrected chi connectivity index (χ2v) is 10.7. The minimum atomic E-state index is -0.509. The minimum Gasteiger partial charge on any atom is -0.332 e. The van der Waals surface area contributed by atoms with E-state index in [1.807, 2.05) is 54.6 Å². The third kappa shape index (κ3) is 3.63. The second-order valence-electron chi connectivity index (χ2n) is 10.3. The highest BCUT2D eigenvalue weighted by Crippen LogP contribution is 2.53. The molecule has 6 heteroatoms. The van der Waals surface area contributed by atoms with Crippen molar-refractivity contribution >= 4 is 35.0 Å². The van der Waals surface area contributed by atoms with Crippen LogP contribution in [-0.4, -0.2) is 28.7 Å². The number of carbonyl (C=O) groups excluding carboxylic acids is 3. The molecule has 3 amide bonds. The van der Waals surface area contributed by atoms with Crippen molar-refractivity contribution in [2.24, 2.45) is 23.7 Å². The maximum atomic E-state index is 13.8. The lowest BCUT2D eigenvalue weighted by Gasteiger charge is -2.55. The van der Waals surface area contributed by atoms with Crippen LogP contribution in [0.5, 0.6) is 0 Å². The van der Waals surface area contributed by atoms with Gasteiger partial charge in [-0.15, -0.1) is 0 Å². The van der Waals surface area contributed by atoms with Crippen LogP contribution in [0.3, 0.4) is 0 Å². The van der Waals surface area contributed by atoms with E-state index in [0.717, 1.165) is 31.2 Å². The van der Waals surface area contributed by atoms with Crippen molar-refractivity contribution in [1.82, 2.24) is 4.90 Å². The Bertz CT molecular complexity index is 1170. The number of halogens is 1. The number of β-lactam (4-membered cyclic amide) rings is 1. The third-order valence-electron chi connectivity index (χ3n) is 8.43. The molecular weight excluding hydrogens is 460 g/mol. The quantitative estimate of drug-likeness (QED) is 0.322. The van der Waals surface area contributed by atoms with Gasteiger partial charge in [0.1, 0.15) is 0 Å². The Kier molecular flexibility index (Phi) is 5.76. The lowest BCUT2D eigenvalue weighted by molar-refractivity contribution is -0.169. The topological polar surface area (TPSA) is 57.7 Å². The number of allylic oxidation sites excluding steroid dienone is 2. The fourth-order valence-corrected chi connectivity index (χ4v) is 6.94. The van der Waals surface area contributed by atoms with Crippen LogP contribution in [0.15, 0.2) is 66.7 Å². The van der Waals surface area contributed by atoms with Crippen LogP contribution >= 0.6 is 11.6 Å². The number of hydrogen-bond donors (Lipinski definition) is 0. The first-order chi connectivity index (χ1) is 17.1. The van der Waals surface area contributed by atoms with Crippen molar-refractivity contribution in [2.75, 3.05) is 4.90 Å². The number of fused-ring (bicyclic) bond motifs is 1. The van der Waals surface area contributed by atoms with E-state index >= 15 is 0 Å². The molecule has 180 valence electrons. The maximum absolute atomic E-state index is 13.8. The van der Waals surface area contributed by atoms with Gasteiger partial charge in [0.05, 0.1) is 29.5 Å². The smallest absolute Gasteiger partial charge is 0.238 e. The minimum absolute atomic E-state index is 0.107. The summed E-state index contributed by atoms with van der Waals surface area (Å²) < 4.78 is 0. The molecule has 35 heavy (non-hydrogen) atoms. The first-order valence-corrected chi connectivity index (χ1v) is 13.1. The van der Waals surface area contributed by atoms with E-state index in [0.29, 0.717) is 17.1 Å². The zero-order chi connectivity index (χ0) is 24.1. The van der Waals surface area contributed by atoms with Gasteiger partial charge in [0.2, 0.25) is 17.7 Å². The summed E-state index contributed by atoms with van der Waals surface area (Å²) in [5.41, 5.74) is 1.66. The van der Waals surface area contributed by atoms with Gasteiger partial charge in [-0.05, 0) is 49.1 Å². The first kappa shape index (κ1) is 22.5. The fourth-order valence-electron chi connectivity index (χ4n) is 6.81. The molecular formula is C29H29ClN2O3. The number of benzene rings is 2. The van der Waals surface area contributed by atoms with Crippen molar-refractivity contribution in [2.45, 2.75) is 50.6 Å². The van der Waals surface area contributed by atoms with Gasteiger partial charge in [-0.2, -0.15) is 0 Å². The number of hydrogen-bond acceptors (Lipinski definition) is 3. The highest BCUT2D eigenvalue weighted by Gasteiger charge is 2.60. The standard InChI is InChI=1S/C29H29ClN2O3/c30-19-16-14-18(15-17-19)26-25(29(35)31(26)20-8-3-1-4-9-20)22-12-7-13-23-24(22)28(34)32(27(23)33)21-10-5-2-6-11-21/h2,5-7,10-12,14-17,20,22-26H,1,3-4,8-9,13H2/t22-,23+,24-,25-,26+/m0/s1. The summed E-state index contributed by atoms with van der Waals surface area (Å²) in [5.74, 6) is -1.80. The van der Waals surface area contributed by atoms with Crippen LogP contribution < -0.4 is 4.90 Å². The molecule has 0 radical (unpaired) electrons. The Labute approximate surface area is 210 Å². The molecule has 6 rings (SSSR count). The van der Waals surface area contributed by atoms with Gasteiger partial charge in [0, 0.05) is 17.0 Å². The molecule has 0 N–H and O–H groups in total. The van der Waals surface area contributed by atoms with E-state index in [-0.39, 0.29) is 41.6 Å². The fraction of sp³-hybridized carbons (Fsp3) is 0.414. The van der Waals surface area contributed by atoms with E-state index in [9.17, 15) is 14.4 Å². The van der Waals surface area contributed by atoms with E-state index in [2.05, 4.69) is 4.90 Å². The van der Waals surface area contributed by atoms with Gasteiger partial charge >= 0.3 is 0 Å². The largest absolute Gasteiger partial charge is 0.332 e. The summed E-state index contributed by atoms with van der Waals surface area (Å²) >= 11 is 6.18. The Morgan fingerprint density at radius 2 is 1.49 bits per heavy atom. The number of anilines is 1. The number of rotatable bonds is 4. The Hall–Kier alpha value is -2.92. The number of likely N-dealkylation sites (tertiary alicyclic amines) is 1. The molecule has 2 aromatic carbocycles. The summed E-state index contributed by atoms with van der Waals surface area (Å²) in [6.45, 7) is 0. The van der Waals surface area contributed by atoms with E-state index in [4.69, 9.17) is 11.6 Å². The zero-order valence-corrected chi connectivity index (χ0v) is 20.3. The molecule has 2 aliphatic heterocycles. The Balaban J connectivity index is 1.36. The second kappa shape index (κ2) is 8.94. The van der Waals surface area contributed by atoms with Gasteiger partial charge in [0.15, 0.2) is 0 Å². The van der Waals surface area contributed by atoms with Crippen molar-refractivity contribution in [3.8, 4) is 0 Å². The summed E-state index contributed by atoms with van der Waals surface area (Å²) in [6.07, 6.45) is 10.1. The predicted octanol–water partition coefficient (Wildman–Crippen LogP) is 5.55. The van der Waals surface area contributed by atoms with Crippen molar-refractivity contribution in [3.63, 3.8) is 0 Å². The van der Waals surface area contributed by atoms with Crippen LogP contribution in [0.2, 0.25) is 5.02 Å². The number of imide groups is 1. The SMILES string of the molecule is O=C1[C@H]2[C@@H]([C@@H]3C(=O)N(C4CCCCC4)[C@@H]3c3ccc(Cl)cc3)C=CC[C@H]2C(=O)N1c1ccccc1. The molecule has 3 fully saturated rings. The average molecular weight is 489 g/mol. The van der Waals surface area contributed by atoms with Gasteiger partial charge in [0.25, 0.3) is 0 Å². The lowest BCUT2D eigenvalue weighted by atomic mass is 9.64. The molecule has 2 aliphatic carbocycles. The van der Waals surface area contributed by atoms with Crippen LogP contribution in [0, 0.1) is 23.7 Å². The highest BCUT2D eigenvalue weighted by molar-refractivity contribution is 6.30. The summed E-state index contributed by atoms with van der Waals surface area (Å²) in [5, 5.41) is 0.660. The number of amides is 3. The third-order valence-corrected chi connectivity index (χ3v) is 8.68. The van der Waals surface area contributed by atoms with Gasteiger partial charge in [-0.1, -0.05) is 73.3 Å². The monoisotopic (exact) mass is 488 g/mol. The Morgan fingerprint density at radius 1 is 0.771 bits per heavy atom. The van der Waals surface area contributed by atoms with Gasteiger partial charge in [-0.3, -0.25) is 19.3 Å². The van der Waals surface area contributed by atoms with E-state index in [1.165, 1.54) is 11.3 Å². The zero-order valence-electron chi connectivity index (χ0n) is 19.6. The van der Waals surface area contributed by atoms with Crippen LogP contribution in [-0.2, 0) is 14.4 Å². The number of para-hydroxylation sites is 1. The highest BCUT2D eigenvalue weighted by atomic mass is 35.5. The van der Waals surface area contributed by atoms with E-state index < -0.39 is 11.8 Å². The van der Waals surface area contributed by atoms with Gasteiger partial charge < -0.3 is 4.90 Å². The number of carbonyl (C=O) groups is 3. The predicted molar refractivity (Wildman–Crippen MR) is 135 cm³/mol. The normalized spacial score (nSPS) is 31.0. The molecule has 0 aromatic heterocycles. The van der Waals surface area contributed by atoms with Crippen LogP contribution in [0.4, 0.5) is 5.69 Å². The molecule has 5 atom stereocenters. The molecule has 5 nitrogen and oxygen atoms in total. The molecule has 4 aliphatic rings. The van der Waals surface area contributed by atoms with E-state index in [1.54, 1.807) is 12.1 Å². The lowest BCUT2D eigenvalue weighted by Crippen LogP contribution is -2.62. The molecule has 2 heterocycles. The van der Waals surface area contributed by atoms with Crippen molar-refractivity contribution in [1.29, 1.82) is 0 Å². The summed E-state index contributed by atoms with van der Waals surface area (Å²) in [6, 6.07) is 17.0. The molecule has 2 aromatic rings. The van der Waals surface area contributed by atoms with Crippen molar-refractivity contribution < 1.29 is 14.4 Å². The number of nitrogens with zero attached hydrogens (tertiary/aromatic N) is 2. The van der Waals surface area contributed by atoms with Crippen LogP contribution in [0.25, 0.3) is 0 Å². The molecule has 0 bridgehead atoms. The summed E-state index contributed by atoms with van der Waals surface area (Å²) in [7, 11) is 0. The Morgan fingerprint density at radius 3 is 2.20 bits per heavy atom. The van der Waals surface area contributed by atoms with Gasteiger partial charge in [-0.25, -0.2) is 0 Å².